The van der Waals surface area contributed by atoms with Crippen LogP contribution in [0.3, 0.4) is 0 Å². The van der Waals surface area contributed by atoms with Crippen LogP contribution in [0.1, 0.15) is 5.56 Å². The Morgan fingerprint density at radius 3 is 2.70 bits per heavy atom. The van der Waals surface area contributed by atoms with Crippen molar-refractivity contribution in [2.45, 2.75) is 4.90 Å². The minimum absolute atomic E-state index is 0.0959. The zero-order chi connectivity index (χ0) is 15.2. The Labute approximate surface area is 130 Å². The molecule has 0 radical (unpaired) electrons. The fourth-order valence-electron chi connectivity index (χ4n) is 1.60. The Kier molecular flexibility index (Phi) is 6.94. The van der Waals surface area contributed by atoms with Gasteiger partial charge >= 0.3 is 0 Å². The summed E-state index contributed by atoms with van der Waals surface area (Å²) in [6.45, 7) is 1.39. The molecule has 0 atom stereocenters. The van der Waals surface area contributed by atoms with E-state index in [4.69, 9.17) is 18.0 Å². The Hall–Kier alpha value is -0.630. The molecule has 0 spiro atoms. The smallest absolute Gasteiger partial charge is 0.179 e. The predicted octanol–water partition coefficient (Wildman–Crippen LogP) is 1.39. The lowest BCUT2D eigenvalue weighted by Crippen LogP contribution is -2.27. The maximum atomic E-state index is 12.3. The second-order valence-corrected chi connectivity index (χ2v) is 8.04. The number of hydrogen-bond acceptors (Lipinski definition) is 5. The second kappa shape index (κ2) is 7.97. The summed E-state index contributed by atoms with van der Waals surface area (Å²) in [5.74, 6) is 1.09. The number of rotatable bonds is 8. The summed E-state index contributed by atoms with van der Waals surface area (Å²) < 4.78 is 24.5. The van der Waals surface area contributed by atoms with Gasteiger partial charge in [0.15, 0.2) is 9.84 Å². The quantitative estimate of drug-likeness (QED) is 0.726. The van der Waals surface area contributed by atoms with Crippen LogP contribution in [-0.2, 0) is 9.84 Å². The first-order valence-corrected chi connectivity index (χ1v) is 9.62. The summed E-state index contributed by atoms with van der Waals surface area (Å²) in [7, 11) is -1.37. The predicted molar refractivity (Wildman–Crippen MR) is 90.3 cm³/mol. The molecule has 4 nitrogen and oxygen atoms in total. The topological polar surface area (TPSA) is 63.4 Å². The van der Waals surface area contributed by atoms with E-state index in [0.29, 0.717) is 12.1 Å². The molecule has 0 aliphatic heterocycles. The van der Waals surface area contributed by atoms with Gasteiger partial charge in [-0.05, 0) is 25.4 Å². The first-order valence-electron chi connectivity index (χ1n) is 6.17. The van der Waals surface area contributed by atoms with E-state index in [9.17, 15) is 8.42 Å². The van der Waals surface area contributed by atoms with E-state index < -0.39 is 9.84 Å². The van der Waals surface area contributed by atoms with Gasteiger partial charge in [-0.25, -0.2) is 8.42 Å². The standard InChI is InChI=1S/C13H20N2O2S3/c1-15(6-8-19-2)7-9-20(16,17)12-5-3-4-11(10-12)13(14)18/h3-5,10H,6-9H2,1-2H3,(H2,14,18). The third-order valence-corrected chi connectivity index (χ3v) is 5.42. The van der Waals surface area contributed by atoms with E-state index in [0.717, 1.165) is 12.3 Å². The van der Waals surface area contributed by atoms with Gasteiger partial charge in [-0.3, -0.25) is 0 Å². The zero-order valence-corrected chi connectivity index (χ0v) is 14.2. The molecule has 1 aromatic carbocycles. The largest absolute Gasteiger partial charge is 0.389 e. The fraction of sp³-hybridized carbons (Fsp3) is 0.462. The molecule has 1 rings (SSSR count). The molecule has 0 bridgehead atoms. The van der Waals surface area contributed by atoms with Gasteiger partial charge in [-0.2, -0.15) is 11.8 Å². The summed E-state index contributed by atoms with van der Waals surface area (Å²) in [4.78, 5) is 2.51. The Morgan fingerprint density at radius 1 is 1.40 bits per heavy atom. The lowest BCUT2D eigenvalue weighted by atomic mass is 10.2. The SMILES string of the molecule is CSCCN(C)CCS(=O)(=O)c1cccc(C(N)=S)c1. The summed E-state index contributed by atoms with van der Waals surface area (Å²) in [6.07, 6.45) is 2.03. The summed E-state index contributed by atoms with van der Waals surface area (Å²) in [5.41, 5.74) is 6.11. The van der Waals surface area contributed by atoms with Crippen LogP contribution < -0.4 is 5.73 Å². The van der Waals surface area contributed by atoms with Crippen molar-refractivity contribution in [1.82, 2.24) is 4.90 Å². The van der Waals surface area contributed by atoms with Gasteiger partial charge in [0.25, 0.3) is 0 Å². The molecular weight excluding hydrogens is 312 g/mol. The summed E-state index contributed by atoms with van der Waals surface area (Å²) in [6, 6.07) is 6.50. The Morgan fingerprint density at radius 2 is 2.10 bits per heavy atom. The molecule has 0 heterocycles. The molecule has 0 amide bonds. The highest BCUT2D eigenvalue weighted by molar-refractivity contribution is 7.98. The van der Waals surface area contributed by atoms with Crippen molar-refractivity contribution in [2.24, 2.45) is 5.73 Å². The van der Waals surface area contributed by atoms with Crippen molar-refractivity contribution < 1.29 is 8.42 Å². The lowest BCUT2D eigenvalue weighted by Gasteiger charge is -2.16. The number of benzene rings is 1. The van der Waals surface area contributed by atoms with Gasteiger partial charge in [0.1, 0.15) is 4.99 Å². The van der Waals surface area contributed by atoms with E-state index in [1.54, 1.807) is 36.0 Å². The van der Waals surface area contributed by atoms with Crippen LogP contribution in [0.5, 0.6) is 0 Å². The van der Waals surface area contributed by atoms with Gasteiger partial charge in [0.05, 0.1) is 10.6 Å². The normalized spacial score (nSPS) is 11.8. The van der Waals surface area contributed by atoms with E-state index in [2.05, 4.69) is 0 Å². The average Bonchev–Trinajstić information content (AvgIpc) is 2.43. The molecule has 112 valence electrons. The van der Waals surface area contributed by atoms with Gasteiger partial charge in [0.2, 0.25) is 0 Å². The van der Waals surface area contributed by atoms with Crippen molar-refractivity contribution in [3.05, 3.63) is 29.8 Å². The van der Waals surface area contributed by atoms with Crippen LogP contribution in [0.2, 0.25) is 0 Å². The molecule has 0 fully saturated rings. The van der Waals surface area contributed by atoms with Gasteiger partial charge < -0.3 is 10.6 Å². The van der Waals surface area contributed by atoms with Crippen molar-refractivity contribution in [3.8, 4) is 0 Å². The number of thiocarbonyl (C=S) groups is 1. The van der Waals surface area contributed by atoms with Crippen molar-refractivity contribution >= 4 is 38.8 Å². The average molecular weight is 333 g/mol. The van der Waals surface area contributed by atoms with Crippen LogP contribution in [-0.4, -0.2) is 56.2 Å². The highest BCUT2D eigenvalue weighted by atomic mass is 32.2. The Bertz CT molecular complexity index is 558. The fourth-order valence-corrected chi connectivity index (χ4v) is 3.60. The van der Waals surface area contributed by atoms with Crippen LogP contribution in [0.25, 0.3) is 0 Å². The second-order valence-electron chi connectivity index (χ2n) is 4.51. The molecule has 0 aliphatic carbocycles. The van der Waals surface area contributed by atoms with Gasteiger partial charge in [-0.1, -0.05) is 24.4 Å². The van der Waals surface area contributed by atoms with Crippen molar-refractivity contribution in [3.63, 3.8) is 0 Å². The third-order valence-electron chi connectivity index (χ3n) is 2.90. The monoisotopic (exact) mass is 332 g/mol. The first kappa shape index (κ1) is 17.4. The van der Waals surface area contributed by atoms with Gasteiger partial charge in [-0.15, -0.1) is 0 Å². The first-order chi connectivity index (χ1) is 9.36. The third kappa shape index (κ3) is 5.40. The van der Waals surface area contributed by atoms with Crippen molar-refractivity contribution in [1.29, 1.82) is 0 Å². The van der Waals surface area contributed by atoms with E-state index >= 15 is 0 Å². The highest BCUT2D eigenvalue weighted by Gasteiger charge is 2.16. The summed E-state index contributed by atoms with van der Waals surface area (Å²) in [5, 5.41) is 0. The van der Waals surface area contributed by atoms with E-state index in [1.807, 2.05) is 18.2 Å². The van der Waals surface area contributed by atoms with Crippen LogP contribution in [0, 0.1) is 0 Å². The molecular formula is C13H20N2O2S3. The molecule has 0 saturated heterocycles. The zero-order valence-electron chi connectivity index (χ0n) is 11.7. The molecule has 0 unspecified atom stereocenters. The lowest BCUT2D eigenvalue weighted by molar-refractivity contribution is 0.376. The maximum absolute atomic E-state index is 12.3. The maximum Gasteiger partial charge on any atom is 0.179 e. The molecule has 0 aliphatic rings. The van der Waals surface area contributed by atoms with Crippen LogP contribution in [0.4, 0.5) is 0 Å². The van der Waals surface area contributed by atoms with Crippen LogP contribution >= 0.6 is 24.0 Å². The van der Waals surface area contributed by atoms with Crippen LogP contribution in [0.15, 0.2) is 29.2 Å². The number of hydrogen-bond donors (Lipinski definition) is 1. The number of thioether (sulfide) groups is 1. The minimum Gasteiger partial charge on any atom is -0.389 e. The van der Waals surface area contributed by atoms with Gasteiger partial charge in [0, 0.05) is 24.4 Å². The molecule has 1 aromatic rings. The minimum atomic E-state index is -3.30. The molecule has 7 heteroatoms. The van der Waals surface area contributed by atoms with Crippen molar-refractivity contribution in [2.75, 3.05) is 37.9 Å². The number of nitrogens with two attached hydrogens (primary N) is 1. The molecule has 0 saturated carbocycles. The summed E-state index contributed by atoms with van der Waals surface area (Å²) >= 11 is 6.62. The van der Waals surface area contributed by atoms with E-state index in [-0.39, 0.29) is 15.6 Å². The van der Waals surface area contributed by atoms with E-state index in [1.165, 1.54) is 0 Å². The highest BCUT2D eigenvalue weighted by Crippen LogP contribution is 2.13. The Balaban J connectivity index is 2.74. The molecule has 20 heavy (non-hydrogen) atoms. The molecule has 0 aromatic heterocycles. The number of nitrogens with zero attached hydrogens (tertiary/aromatic N) is 1. The number of sulfone groups is 1. The molecule has 2 N–H and O–H groups in total.